The van der Waals surface area contributed by atoms with Gasteiger partial charge in [-0.2, -0.15) is 0 Å². The highest BCUT2D eigenvalue weighted by atomic mass is 32.2. The SMILES string of the molecule is COC(=O)C=C1SC(C)(OC)NC1=O. The van der Waals surface area contributed by atoms with E-state index in [0.29, 0.717) is 4.91 Å². The summed E-state index contributed by atoms with van der Waals surface area (Å²) < 4.78 is 9.47. The summed E-state index contributed by atoms with van der Waals surface area (Å²) in [5, 5.41) is 1.79. The van der Waals surface area contributed by atoms with Crippen molar-refractivity contribution in [3.05, 3.63) is 11.0 Å². The van der Waals surface area contributed by atoms with E-state index in [4.69, 9.17) is 4.74 Å². The van der Waals surface area contributed by atoms with Gasteiger partial charge in [0.15, 0.2) is 5.06 Å². The molecule has 1 amide bonds. The van der Waals surface area contributed by atoms with Gasteiger partial charge in [0.1, 0.15) is 0 Å². The fraction of sp³-hybridized carbons (Fsp3) is 0.500. The lowest BCUT2D eigenvalue weighted by Crippen LogP contribution is -2.37. The number of hydrogen-bond donors (Lipinski definition) is 1. The number of methoxy groups -OCH3 is 2. The predicted octanol–water partition coefficient (Wildman–Crippen LogP) is 0.226. The van der Waals surface area contributed by atoms with Crippen LogP contribution in [0.4, 0.5) is 0 Å². The number of carbonyl (C=O) groups excluding carboxylic acids is 2. The minimum Gasteiger partial charge on any atom is -0.466 e. The van der Waals surface area contributed by atoms with Gasteiger partial charge in [-0.05, 0) is 6.92 Å². The van der Waals surface area contributed by atoms with Crippen molar-refractivity contribution >= 4 is 23.6 Å². The third kappa shape index (κ3) is 2.27. The molecule has 78 valence electrons. The maximum atomic E-state index is 11.3. The molecule has 0 aromatic rings. The topological polar surface area (TPSA) is 64.6 Å². The third-order valence-electron chi connectivity index (χ3n) is 1.71. The van der Waals surface area contributed by atoms with Crippen molar-refractivity contribution in [1.29, 1.82) is 0 Å². The van der Waals surface area contributed by atoms with E-state index in [9.17, 15) is 9.59 Å². The molecule has 0 bridgehead atoms. The average Bonchev–Trinajstić information content (AvgIpc) is 2.43. The summed E-state index contributed by atoms with van der Waals surface area (Å²) in [4.78, 5) is 22.5. The number of esters is 1. The van der Waals surface area contributed by atoms with Crippen LogP contribution in [0.5, 0.6) is 0 Å². The number of nitrogens with one attached hydrogen (secondary N) is 1. The highest BCUT2D eigenvalue weighted by Gasteiger charge is 2.38. The fourth-order valence-electron chi connectivity index (χ4n) is 0.903. The first-order valence-corrected chi connectivity index (χ1v) is 4.69. The number of carbonyl (C=O) groups is 2. The Bertz CT molecular complexity index is 302. The van der Waals surface area contributed by atoms with E-state index in [2.05, 4.69) is 10.1 Å². The van der Waals surface area contributed by atoms with Crippen LogP contribution in [0.15, 0.2) is 11.0 Å². The molecule has 0 aromatic carbocycles. The Morgan fingerprint density at radius 2 is 2.21 bits per heavy atom. The third-order valence-corrected chi connectivity index (χ3v) is 2.89. The number of rotatable bonds is 2. The van der Waals surface area contributed by atoms with Gasteiger partial charge < -0.3 is 14.8 Å². The molecule has 0 radical (unpaired) electrons. The molecule has 1 saturated heterocycles. The lowest BCUT2D eigenvalue weighted by atomic mass is 10.4. The molecule has 14 heavy (non-hydrogen) atoms. The molecular weight excluding hydrogens is 206 g/mol. The van der Waals surface area contributed by atoms with E-state index >= 15 is 0 Å². The van der Waals surface area contributed by atoms with Crippen LogP contribution >= 0.6 is 11.8 Å². The molecule has 0 aliphatic carbocycles. The van der Waals surface area contributed by atoms with E-state index in [1.54, 1.807) is 6.92 Å². The van der Waals surface area contributed by atoms with E-state index in [-0.39, 0.29) is 5.91 Å². The molecule has 1 atom stereocenters. The maximum absolute atomic E-state index is 11.3. The second-order valence-electron chi connectivity index (χ2n) is 2.74. The summed E-state index contributed by atoms with van der Waals surface area (Å²) in [7, 11) is 2.74. The fourth-order valence-corrected chi connectivity index (χ4v) is 1.85. The first-order valence-electron chi connectivity index (χ1n) is 3.87. The highest BCUT2D eigenvalue weighted by molar-refractivity contribution is 8.05. The smallest absolute Gasteiger partial charge is 0.331 e. The quantitative estimate of drug-likeness (QED) is 0.529. The molecule has 0 aromatic heterocycles. The molecule has 6 heteroatoms. The molecule has 1 N–H and O–H groups in total. The van der Waals surface area contributed by atoms with Gasteiger partial charge in [-0.25, -0.2) is 4.79 Å². The number of amides is 1. The Kier molecular flexibility index (Phi) is 3.17. The zero-order valence-corrected chi connectivity index (χ0v) is 8.94. The van der Waals surface area contributed by atoms with Crippen LogP contribution in [-0.4, -0.2) is 31.2 Å². The minimum absolute atomic E-state index is 0.293. The van der Waals surface area contributed by atoms with Crippen molar-refractivity contribution in [2.45, 2.75) is 12.0 Å². The summed E-state index contributed by atoms with van der Waals surface area (Å²) in [6.07, 6.45) is 1.14. The molecule has 1 aliphatic rings. The first-order chi connectivity index (χ1) is 6.50. The molecule has 1 heterocycles. The minimum atomic E-state index is -0.795. The number of ether oxygens (including phenoxy) is 2. The van der Waals surface area contributed by atoms with Gasteiger partial charge in [-0.15, -0.1) is 0 Å². The van der Waals surface area contributed by atoms with Gasteiger partial charge in [0.05, 0.1) is 12.0 Å². The molecule has 0 saturated carbocycles. The van der Waals surface area contributed by atoms with Crippen molar-refractivity contribution in [2.24, 2.45) is 0 Å². The Hall–Kier alpha value is -1.01. The molecule has 1 fully saturated rings. The van der Waals surface area contributed by atoms with Gasteiger partial charge >= 0.3 is 5.97 Å². The number of thioether (sulfide) groups is 1. The molecule has 1 unspecified atom stereocenters. The molecule has 0 spiro atoms. The largest absolute Gasteiger partial charge is 0.466 e. The summed E-state index contributed by atoms with van der Waals surface area (Å²) >= 11 is 1.14. The summed E-state index contributed by atoms with van der Waals surface area (Å²) in [5.74, 6) is -0.882. The summed E-state index contributed by atoms with van der Waals surface area (Å²) in [5.41, 5.74) is 0. The highest BCUT2D eigenvalue weighted by Crippen LogP contribution is 2.36. The average molecular weight is 217 g/mol. The van der Waals surface area contributed by atoms with Crippen molar-refractivity contribution in [3.63, 3.8) is 0 Å². The number of hydrogen-bond acceptors (Lipinski definition) is 5. The van der Waals surface area contributed by atoms with E-state index in [1.807, 2.05) is 0 Å². The monoisotopic (exact) mass is 217 g/mol. The van der Waals surface area contributed by atoms with Crippen LogP contribution in [0.3, 0.4) is 0 Å². The molecule has 1 rings (SSSR count). The van der Waals surface area contributed by atoms with Crippen molar-refractivity contribution in [1.82, 2.24) is 5.32 Å². The normalized spacial score (nSPS) is 29.1. The van der Waals surface area contributed by atoms with E-state index < -0.39 is 11.0 Å². The van der Waals surface area contributed by atoms with Crippen LogP contribution in [0.25, 0.3) is 0 Å². The van der Waals surface area contributed by atoms with Gasteiger partial charge in [-0.3, -0.25) is 4.79 Å². The second-order valence-corrected chi connectivity index (χ2v) is 4.16. The van der Waals surface area contributed by atoms with Gasteiger partial charge in [0.2, 0.25) is 0 Å². The molecule has 1 aliphatic heterocycles. The van der Waals surface area contributed by atoms with Crippen LogP contribution in [-0.2, 0) is 19.1 Å². The van der Waals surface area contributed by atoms with Crippen molar-refractivity contribution in [2.75, 3.05) is 14.2 Å². The van der Waals surface area contributed by atoms with Gasteiger partial charge in [0, 0.05) is 13.2 Å². The van der Waals surface area contributed by atoms with E-state index in [0.717, 1.165) is 17.8 Å². The van der Waals surface area contributed by atoms with Crippen LogP contribution in [0.1, 0.15) is 6.92 Å². The zero-order valence-electron chi connectivity index (χ0n) is 8.12. The first kappa shape index (κ1) is 11.1. The lowest BCUT2D eigenvalue weighted by molar-refractivity contribution is -0.135. The van der Waals surface area contributed by atoms with E-state index in [1.165, 1.54) is 14.2 Å². The Morgan fingerprint density at radius 3 is 2.64 bits per heavy atom. The second kappa shape index (κ2) is 4.02. The summed E-state index contributed by atoms with van der Waals surface area (Å²) in [6, 6.07) is 0. The predicted molar refractivity (Wildman–Crippen MR) is 51.2 cm³/mol. The van der Waals surface area contributed by atoms with Crippen LogP contribution in [0, 0.1) is 0 Å². The van der Waals surface area contributed by atoms with Crippen LogP contribution < -0.4 is 5.32 Å². The van der Waals surface area contributed by atoms with Crippen molar-refractivity contribution < 1.29 is 19.1 Å². The zero-order chi connectivity index (χ0) is 10.8. The Balaban J connectivity index is 2.80. The molecule has 5 nitrogen and oxygen atoms in total. The summed E-state index contributed by atoms with van der Waals surface area (Å²) in [6.45, 7) is 1.70. The van der Waals surface area contributed by atoms with Crippen LogP contribution in [0.2, 0.25) is 0 Å². The standard InChI is InChI=1S/C8H11NO4S/c1-8(13-3)9-7(11)5(14-8)4-6(10)12-2/h4H,1-3H3,(H,9,11). The maximum Gasteiger partial charge on any atom is 0.331 e. The lowest BCUT2D eigenvalue weighted by Gasteiger charge is -2.19. The molecular formula is C8H11NO4S. The Labute approximate surface area is 85.8 Å². The Morgan fingerprint density at radius 1 is 1.57 bits per heavy atom. The van der Waals surface area contributed by atoms with Gasteiger partial charge in [-0.1, -0.05) is 11.8 Å². The van der Waals surface area contributed by atoms with Crippen molar-refractivity contribution in [3.8, 4) is 0 Å². The van der Waals surface area contributed by atoms with Gasteiger partial charge in [0.25, 0.3) is 5.91 Å².